The van der Waals surface area contributed by atoms with Gasteiger partial charge in [0.15, 0.2) is 0 Å². The molecule has 0 saturated heterocycles. The summed E-state index contributed by atoms with van der Waals surface area (Å²) in [4.78, 5) is 11.0. The van der Waals surface area contributed by atoms with Crippen molar-refractivity contribution in [1.82, 2.24) is 0 Å². The Balaban J connectivity index is 1.92. The summed E-state index contributed by atoms with van der Waals surface area (Å²) in [6, 6.07) is 7.45. The lowest BCUT2D eigenvalue weighted by Gasteiger charge is -2.13. The van der Waals surface area contributed by atoms with Crippen molar-refractivity contribution in [2.45, 2.75) is 18.9 Å². The predicted molar refractivity (Wildman–Crippen MR) is 68.3 cm³/mol. The fourth-order valence-electron chi connectivity index (χ4n) is 1.86. The first-order valence-corrected chi connectivity index (χ1v) is 5.76. The monoisotopic (exact) mass is 231 g/mol. The van der Waals surface area contributed by atoms with Gasteiger partial charge in [-0.15, -0.1) is 0 Å². The van der Waals surface area contributed by atoms with E-state index < -0.39 is 0 Å². The third-order valence-electron chi connectivity index (χ3n) is 3.07. The molecule has 2 rings (SSSR count). The number of anilines is 1. The van der Waals surface area contributed by atoms with Crippen LogP contribution >= 0.6 is 0 Å². The zero-order valence-corrected chi connectivity index (χ0v) is 9.98. The van der Waals surface area contributed by atoms with Crippen LogP contribution in [0.3, 0.4) is 0 Å². The van der Waals surface area contributed by atoms with Gasteiger partial charge in [0.25, 0.3) is 0 Å². The summed E-state index contributed by atoms with van der Waals surface area (Å²) in [5, 5.41) is 3.21. The molecule has 1 aliphatic rings. The van der Waals surface area contributed by atoms with Crippen LogP contribution in [-0.2, 0) is 4.79 Å². The summed E-state index contributed by atoms with van der Waals surface area (Å²) in [7, 11) is 1.63. The van der Waals surface area contributed by atoms with Crippen LogP contribution in [0.5, 0.6) is 5.75 Å². The van der Waals surface area contributed by atoms with Crippen LogP contribution in [-0.4, -0.2) is 19.4 Å². The number of ether oxygens (including phenoxy) is 1. The van der Waals surface area contributed by atoms with E-state index in [1.54, 1.807) is 7.11 Å². The van der Waals surface area contributed by atoms with Crippen LogP contribution in [0.15, 0.2) is 36.4 Å². The van der Waals surface area contributed by atoms with Gasteiger partial charge in [0.1, 0.15) is 12.0 Å². The average Bonchev–Trinajstić information content (AvgIpc) is 3.05. The Hall–Kier alpha value is -1.77. The SMILES string of the molecule is C=C1CC1CC(C=O)Nc1ccc(OC)cc1. The van der Waals surface area contributed by atoms with Gasteiger partial charge in [0, 0.05) is 5.69 Å². The zero-order valence-electron chi connectivity index (χ0n) is 9.98. The van der Waals surface area contributed by atoms with Crippen molar-refractivity contribution in [3.8, 4) is 5.75 Å². The van der Waals surface area contributed by atoms with E-state index in [0.717, 1.165) is 30.6 Å². The average molecular weight is 231 g/mol. The van der Waals surface area contributed by atoms with E-state index in [2.05, 4.69) is 11.9 Å². The van der Waals surface area contributed by atoms with Crippen LogP contribution in [0.1, 0.15) is 12.8 Å². The van der Waals surface area contributed by atoms with Gasteiger partial charge in [-0.1, -0.05) is 12.2 Å². The number of aldehydes is 1. The second-order valence-corrected chi connectivity index (χ2v) is 4.41. The minimum Gasteiger partial charge on any atom is -0.497 e. The number of nitrogens with one attached hydrogen (secondary N) is 1. The molecule has 3 heteroatoms. The van der Waals surface area contributed by atoms with Crippen LogP contribution in [0.4, 0.5) is 5.69 Å². The first-order chi connectivity index (χ1) is 8.22. The van der Waals surface area contributed by atoms with E-state index in [-0.39, 0.29) is 6.04 Å². The molecule has 0 aromatic heterocycles. The predicted octanol–water partition coefficient (Wildman–Crippen LogP) is 2.64. The zero-order chi connectivity index (χ0) is 12.3. The topological polar surface area (TPSA) is 38.3 Å². The molecule has 0 heterocycles. The third-order valence-corrected chi connectivity index (χ3v) is 3.07. The standard InChI is InChI=1S/C14H17NO2/c1-10-7-11(10)8-13(9-16)15-12-3-5-14(17-2)6-4-12/h3-6,9,11,13,15H,1,7-8H2,2H3. The molecular weight excluding hydrogens is 214 g/mol. The summed E-state index contributed by atoms with van der Waals surface area (Å²) >= 11 is 0. The highest BCUT2D eigenvalue weighted by Gasteiger charge is 2.29. The fraction of sp³-hybridized carbons (Fsp3) is 0.357. The van der Waals surface area contributed by atoms with Crippen LogP contribution in [0.2, 0.25) is 0 Å². The van der Waals surface area contributed by atoms with Crippen molar-refractivity contribution >= 4 is 12.0 Å². The second kappa shape index (κ2) is 5.04. The van der Waals surface area contributed by atoms with Gasteiger partial charge in [-0.2, -0.15) is 0 Å². The Morgan fingerprint density at radius 2 is 2.18 bits per heavy atom. The molecule has 2 unspecified atom stereocenters. The Morgan fingerprint density at radius 1 is 1.53 bits per heavy atom. The van der Waals surface area contributed by atoms with Crippen molar-refractivity contribution in [3.05, 3.63) is 36.4 Å². The highest BCUT2D eigenvalue weighted by atomic mass is 16.5. The first-order valence-electron chi connectivity index (χ1n) is 5.76. The van der Waals surface area contributed by atoms with Gasteiger partial charge in [0.2, 0.25) is 0 Å². The van der Waals surface area contributed by atoms with Crippen molar-refractivity contribution in [2.24, 2.45) is 5.92 Å². The maximum Gasteiger partial charge on any atom is 0.142 e. The Labute approximate surface area is 101 Å². The molecule has 1 aromatic rings. The number of carbonyl (C=O) groups excluding carboxylic acids is 1. The van der Waals surface area contributed by atoms with Crippen molar-refractivity contribution in [3.63, 3.8) is 0 Å². The summed E-state index contributed by atoms with van der Waals surface area (Å²) < 4.78 is 5.08. The summed E-state index contributed by atoms with van der Waals surface area (Å²) in [6.07, 6.45) is 2.87. The van der Waals surface area contributed by atoms with Crippen LogP contribution < -0.4 is 10.1 Å². The molecule has 0 aliphatic heterocycles. The van der Waals surface area contributed by atoms with Crippen LogP contribution in [0, 0.1) is 5.92 Å². The molecule has 1 saturated carbocycles. The highest BCUT2D eigenvalue weighted by Crippen LogP contribution is 2.39. The summed E-state index contributed by atoms with van der Waals surface area (Å²) in [5.74, 6) is 1.34. The van der Waals surface area contributed by atoms with Gasteiger partial charge in [0.05, 0.1) is 13.2 Å². The molecule has 0 bridgehead atoms. The molecule has 1 N–H and O–H groups in total. The van der Waals surface area contributed by atoms with Crippen molar-refractivity contribution < 1.29 is 9.53 Å². The molecule has 1 aromatic carbocycles. The van der Waals surface area contributed by atoms with Gasteiger partial charge in [-0.25, -0.2) is 0 Å². The quantitative estimate of drug-likeness (QED) is 0.604. The third kappa shape index (κ3) is 3.09. The summed E-state index contributed by atoms with van der Waals surface area (Å²) in [5.41, 5.74) is 2.20. The Bertz CT molecular complexity index is 411. The molecule has 1 fully saturated rings. The fourth-order valence-corrected chi connectivity index (χ4v) is 1.86. The molecule has 0 radical (unpaired) electrons. The largest absolute Gasteiger partial charge is 0.497 e. The first kappa shape index (κ1) is 11.7. The maximum atomic E-state index is 11.0. The van der Waals surface area contributed by atoms with E-state index >= 15 is 0 Å². The number of benzene rings is 1. The molecule has 3 nitrogen and oxygen atoms in total. The van der Waals surface area contributed by atoms with E-state index in [1.807, 2.05) is 24.3 Å². The molecule has 0 spiro atoms. The van der Waals surface area contributed by atoms with Gasteiger partial charge < -0.3 is 14.8 Å². The molecular formula is C14H17NO2. The Kier molecular flexibility index (Phi) is 3.47. The summed E-state index contributed by atoms with van der Waals surface area (Å²) in [6.45, 7) is 3.90. The van der Waals surface area contributed by atoms with E-state index in [9.17, 15) is 4.79 Å². The second-order valence-electron chi connectivity index (χ2n) is 4.41. The van der Waals surface area contributed by atoms with Crippen LogP contribution in [0.25, 0.3) is 0 Å². The Morgan fingerprint density at radius 3 is 2.65 bits per heavy atom. The molecule has 2 atom stereocenters. The lowest BCUT2D eigenvalue weighted by atomic mass is 10.1. The maximum absolute atomic E-state index is 11.0. The molecule has 1 aliphatic carbocycles. The molecule has 17 heavy (non-hydrogen) atoms. The number of hydrogen-bond donors (Lipinski definition) is 1. The minimum atomic E-state index is -0.132. The van der Waals surface area contributed by atoms with Crippen molar-refractivity contribution in [1.29, 1.82) is 0 Å². The van der Waals surface area contributed by atoms with E-state index in [1.165, 1.54) is 5.57 Å². The smallest absolute Gasteiger partial charge is 0.142 e. The van der Waals surface area contributed by atoms with E-state index in [0.29, 0.717) is 5.92 Å². The lowest BCUT2D eigenvalue weighted by molar-refractivity contribution is -0.108. The number of methoxy groups -OCH3 is 1. The number of hydrogen-bond acceptors (Lipinski definition) is 3. The normalized spacial score (nSPS) is 19.6. The minimum absolute atomic E-state index is 0.132. The number of allylic oxidation sites excluding steroid dienone is 1. The lowest BCUT2D eigenvalue weighted by Crippen LogP contribution is -2.21. The number of rotatable bonds is 6. The van der Waals surface area contributed by atoms with Gasteiger partial charge in [-0.05, 0) is 43.0 Å². The highest BCUT2D eigenvalue weighted by molar-refractivity contribution is 5.65. The van der Waals surface area contributed by atoms with Gasteiger partial charge in [-0.3, -0.25) is 0 Å². The molecule has 90 valence electrons. The van der Waals surface area contributed by atoms with E-state index in [4.69, 9.17) is 4.74 Å². The molecule has 0 amide bonds. The number of carbonyl (C=O) groups is 1. The van der Waals surface area contributed by atoms with Crippen molar-refractivity contribution in [2.75, 3.05) is 12.4 Å². The van der Waals surface area contributed by atoms with Gasteiger partial charge >= 0.3 is 0 Å².